The van der Waals surface area contributed by atoms with Crippen molar-refractivity contribution in [1.82, 2.24) is 29.1 Å². The molecule has 6 heterocycles. The van der Waals surface area contributed by atoms with Gasteiger partial charge in [0, 0.05) is 30.3 Å². The van der Waals surface area contributed by atoms with E-state index in [1.165, 1.54) is 0 Å². The predicted molar refractivity (Wildman–Crippen MR) is 234 cm³/mol. The zero-order valence-electron chi connectivity index (χ0n) is 32.5. The first kappa shape index (κ1) is 35.9. The number of thiophene rings is 2. The van der Waals surface area contributed by atoms with Crippen LogP contribution >= 0.6 is 22.7 Å². The Morgan fingerprint density at radius 2 is 0.845 bits per heavy atom. The van der Waals surface area contributed by atoms with Crippen molar-refractivity contribution in [2.75, 3.05) is 0 Å². The highest BCUT2D eigenvalue weighted by Gasteiger charge is 2.27. The second kappa shape index (κ2) is 13.0. The van der Waals surface area contributed by atoms with Gasteiger partial charge in [0.1, 0.15) is 22.2 Å². The van der Waals surface area contributed by atoms with Crippen molar-refractivity contribution in [3.05, 3.63) is 109 Å². The minimum atomic E-state index is -0.698. The molecule has 0 saturated heterocycles. The average Bonchev–Trinajstić information content (AvgIpc) is 3.98. The molecule has 4 aromatic carbocycles. The van der Waals surface area contributed by atoms with Crippen molar-refractivity contribution in [3.63, 3.8) is 0 Å². The fourth-order valence-corrected chi connectivity index (χ4v) is 9.35. The van der Waals surface area contributed by atoms with E-state index in [1.54, 1.807) is 31.8 Å². The molecule has 12 heteroatoms. The maximum atomic E-state index is 13.8. The van der Waals surface area contributed by atoms with Crippen LogP contribution in [0.5, 0.6) is 0 Å². The van der Waals surface area contributed by atoms with Gasteiger partial charge in [-0.1, -0.05) is 36.4 Å². The number of para-hydroxylation sites is 4. The Labute approximate surface area is 340 Å². The lowest BCUT2D eigenvalue weighted by Gasteiger charge is -2.20. The molecule has 6 aromatic heterocycles. The van der Waals surface area contributed by atoms with E-state index in [0.717, 1.165) is 52.4 Å². The summed E-state index contributed by atoms with van der Waals surface area (Å²) < 4.78 is 14.9. The van der Waals surface area contributed by atoms with E-state index in [1.807, 2.05) is 114 Å². The van der Waals surface area contributed by atoms with Crippen LogP contribution in [-0.2, 0) is 9.47 Å². The Kier molecular flexibility index (Phi) is 8.05. The van der Waals surface area contributed by atoms with Crippen molar-refractivity contribution in [2.24, 2.45) is 0 Å². The minimum absolute atomic E-state index is 0.462. The normalized spacial score (nSPS) is 12.4. The number of carbonyl (C=O) groups excluding carboxylic acids is 2. The summed E-state index contributed by atoms with van der Waals surface area (Å²) in [6.07, 6.45) is -1.00. The van der Waals surface area contributed by atoms with E-state index in [9.17, 15) is 9.59 Å². The summed E-state index contributed by atoms with van der Waals surface area (Å²) in [5.41, 5.74) is 7.04. The molecule has 0 aliphatic heterocycles. The van der Waals surface area contributed by atoms with Gasteiger partial charge < -0.3 is 9.47 Å². The van der Waals surface area contributed by atoms with Crippen LogP contribution in [0.25, 0.3) is 96.8 Å². The van der Waals surface area contributed by atoms with Crippen LogP contribution in [0.2, 0.25) is 0 Å². The Balaban J connectivity index is 1.03. The largest absolute Gasteiger partial charge is 0.443 e. The van der Waals surface area contributed by atoms with Crippen molar-refractivity contribution in [2.45, 2.75) is 52.7 Å². The monoisotopic (exact) mass is 800 g/mol. The second-order valence-electron chi connectivity index (χ2n) is 16.2. The first-order valence-electron chi connectivity index (χ1n) is 18.9. The zero-order valence-corrected chi connectivity index (χ0v) is 34.2. The van der Waals surface area contributed by atoms with Gasteiger partial charge in [-0.2, -0.15) is 0 Å². The number of benzene rings is 4. The molecule has 10 rings (SSSR count). The third-order valence-corrected chi connectivity index (χ3v) is 12.2. The van der Waals surface area contributed by atoms with Gasteiger partial charge in [-0.15, -0.1) is 22.7 Å². The highest BCUT2D eigenvalue weighted by atomic mass is 32.1. The molecule has 0 N–H and O–H groups in total. The van der Waals surface area contributed by atoms with Crippen LogP contribution in [0, 0.1) is 0 Å². The Morgan fingerprint density at radius 1 is 0.483 bits per heavy atom. The van der Waals surface area contributed by atoms with Gasteiger partial charge in [-0.05, 0) is 125 Å². The Morgan fingerprint density at radius 3 is 1.22 bits per heavy atom. The van der Waals surface area contributed by atoms with Gasteiger partial charge in [0.05, 0.1) is 33.1 Å². The van der Waals surface area contributed by atoms with Crippen LogP contribution in [-0.4, -0.2) is 52.5 Å². The van der Waals surface area contributed by atoms with E-state index in [0.29, 0.717) is 44.4 Å². The lowest BCUT2D eigenvalue weighted by molar-refractivity contribution is 0.0539. The van der Waals surface area contributed by atoms with Crippen molar-refractivity contribution in [1.29, 1.82) is 0 Å². The fraction of sp³-hybridized carbons (Fsp3) is 0.174. The standard InChI is InChI=1S/C46H36N6O4S2/c1-45(2,3)55-43(53)51-33-23-25(15-17-27(33)39-41(51)49-31-13-9-7-11-29(31)47-39)35-19-21-37(57-35)38-22-20-36(58-38)26-16-18-28-34(24-26)52(44(54)56-46(4,5)6)42-40(28)48-30-12-8-10-14-32(30)50-42/h7-24H,1-6H3. The summed E-state index contributed by atoms with van der Waals surface area (Å²) in [7, 11) is 0. The van der Waals surface area contributed by atoms with Crippen molar-refractivity contribution in [3.8, 4) is 30.6 Å². The first-order chi connectivity index (χ1) is 27.8. The molecular formula is C46H36N6O4S2. The molecule has 286 valence electrons. The summed E-state index contributed by atoms with van der Waals surface area (Å²) in [5.74, 6) is 0. The molecule has 10 aromatic rings. The van der Waals surface area contributed by atoms with E-state index in [-0.39, 0.29) is 0 Å². The van der Waals surface area contributed by atoms with Gasteiger partial charge in [0.15, 0.2) is 11.3 Å². The summed E-state index contributed by atoms with van der Waals surface area (Å²) in [6, 6.07) is 36.0. The van der Waals surface area contributed by atoms with E-state index < -0.39 is 23.4 Å². The molecule has 0 fully saturated rings. The lowest BCUT2D eigenvalue weighted by Crippen LogP contribution is -2.27. The molecular weight excluding hydrogens is 765 g/mol. The molecule has 58 heavy (non-hydrogen) atoms. The molecule has 0 aliphatic carbocycles. The maximum Gasteiger partial charge on any atom is 0.420 e. The summed E-state index contributed by atoms with van der Waals surface area (Å²) in [4.78, 5) is 51.5. The molecule has 0 radical (unpaired) electrons. The van der Waals surface area contributed by atoms with Gasteiger partial charge in [-0.25, -0.2) is 38.7 Å². The van der Waals surface area contributed by atoms with Gasteiger partial charge in [0.25, 0.3) is 0 Å². The third-order valence-electron chi connectivity index (χ3n) is 9.69. The van der Waals surface area contributed by atoms with E-state index >= 15 is 0 Å². The smallest absolute Gasteiger partial charge is 0.420 e. The second-order valence-corrected chi connectivity index (χ2v) is 18.4. The predicted octanol–water partition coefficient (Wildman–Crippen LogP) is 12.5. The van der Waals surface area contributed by atoms with E-state index in [4.69, 9.17) is 29.4 Å². The molecule has 0 bridgehead atoms. The number of ether oxygens (including phenoxy) is 2. The molecule has 0 amide bonds. The van der Waals surface area contributed by atoms with Gasteiger partial charge in [0.2, 0.25) is 0 Å². The fourth-order valence-electron chi connectivity index (χ4n) is 7.26. The zero-order chi connectivity index (χ0) is 40.1. The first-order valence-corrected chi connectivity index (χ1v) is 20.5. The van der Waals surface area contributed by atoms with Crippen LogP contribution in [0.4, 0.5) is 9.59 Å². The summed E-state index contributed by atoms with van der Waals surface area (Å²) >= 11 is 3.36. The summed E-state index contributed by atoms with van der Waals surface area (Å²) in [5, 5.41) is 1.65. The third kappa shape index (κ3) is 6.16. The number of hydrogen-bond donors (Lipinski definition) is 0. The molecule has 0 unspecified atom stereocenters. The van der Waals surface area contributed by atoms with Crippen molar-refractivity contribution < 1.29 is 19.1 Å². The molecule has 0 spiro atoms. The minimum Gasteiger partial charge on any atom is -0.443 e. The van der Waals surface area contributed by atoms with Crippen LogP contribution in [0.1, 0.15) is 41.5 Å². The highest BCUT2D eigenvalue weighted by molar-refractivity contribution is 7.25. The number of nitrogens with zero attached hydrogens (tertiary/aromatic N) is 6. The highest BCUT2D eigenvalue weighted by Crippen LogP contribution is 2.43. The molecule has 0 atom stereocenters. The van der Waals surface area contributed by atoms with Crippen LogP contribution < -0.4 is 0 Å². The van der Waals surface area contributed by atoms with Crippen LogP contribution in [0.15, 0.2) is 109 Å². The molecule has 0 saturated carbocycles. The SMILES string of the molecule is CC(C)(C)OC(=O)n1c2cc(-c3ccc(-c4ccc(-c5ccc6c7nc8ccccc8nc7n(C(=O)OC(C)(C)C)c6c5)s4)s3)ccc2c2nc3ccccc3nc21. The number of aromatic nitrogens is 6. The van der Waals surface area contributed by atoms with Crippen molar-refractivity contribution >= 4 is 101 Å². The number of rotatable bonds is 3. The molecule has 10 nitrogen and oxygen atoms in total. The lowest BCUT2D eigenvalue weighted by atomic mass is 10.1. The van der Waals surface area contributed by atoms with Gasteiger partial charge in [-0.3, -0.25) is 0 Å². The van der Waals surface area contributed by atoms with Gasteiger partial charge >= 0.3 is 12.2 Å². The quantitative estimate of drug-likeness (QED) is 0.173. The number of hydrogen-bond acceptors (Lipinski definition) is 10. The topological polar surface area (TPSA) is 114 Å². The number of fused-ring (bicyclic) bond motifs is 8. The van der Waals surface area contributed by atoms with E-state index in [2.05, 4.69) is 36.4 Å². The number of carbonyl (C=O) groups is 2. The average molecular weight is 801 g/mol. The Hall–Kier alpha value is -6.50. The molecule has 0 aliphatic rings. The maximum absolute atomic E-state index is 13.8. The Bertz CT molecular complexity index is 3100. The summed E-state index contributed by atoms with van der Waals surface area (Å²) in [6.45, 7) is 11.1. The van der Waals surface area contributed by atoms with Crippen LogP contribution in [0.3, 0.4) is 0 Å².